The van der Waals surface area contributed by atoms with Crippen LogP contribution in [-0.4, -0.2) is 44.4 Å². The van der Waals surface area contributed by atoms with E-state index in [1.807, 2.05) is 35.3 Å². The van der Waals surface area contributed by atoms with Crippen LogP contribution in [-0.2, 0) is 6.54 Å². The molecule has 1 unspecified atom stereocenters. The molecule has 1 aliphatic rings. The van der Waals surface area contributed by atoms with Gasteiger partial charge >= 0.3 is 0 Å². The van der Waals surface area contributed by atoms with Crippen molar-refractivity contribution >= 4 is 16.9 Å². The molecule has 4 heterocycles. The van der Waals surface area contributed by atoms with Gasteiger partial charge in [-0.25, -0.2) is 4.68 Å². The molecular formula is C23H24N6O. The van der Waals surface area contributed by atoms with Crippen LogP contribution < -0.4 is 10.6 Å². The van der Waals surface area contributed by atoms with Crippen LogP contribution in [0.4, 0.5) is 0 Å². The van der Waals surface area contributed by atoms with Crippen molar-refractivity contribution in [1.29, 1.82) is 0 Å². The van der Waals surface area contributed by atoms with Gasteiger partial charge in [-0.1, -0.05) is 12.1 Å². The molecule has 5 rings (SSSR count). The Balaban J connectivity index is 1.40. The van der Waals surface area contributed by atoms with Crippen LogP contribution in [0.25, 0.3) is 16.7 Å². The van der Waals surface area contributed by atoms with Crippen LogP contribution in [0.1, 0.15) is 28.8 Å². The van der Waals surface area contributed by atoms with Crippen LogP contribution in [0.2, 0.25) is 0 Å². The normalized spacial score (nSPS) is 16.6. The van der Waals surface area contributed by atoms with E-state index in [9.17, 15) is 4.79 Å². The highest BCUT2D eigenvalue weighted by Crippen LogP contribution is 2.21. The van der Waals surface area contributed by atoms with E-state index >= 15 is 0 Å². The average Bonchev–Trinajstić information content (AvgIpc) is 3.44. The lowest BCUT2D eigenvalue weighted by atomic mass is 10.1. The highest BCUT2D eigenvalue weighted by molar-refractivity contribution is 6.05. The first-order valence-electron chi connectivity index (χ1n) is 10.3. The molecule has 7 nitrogen and oxygen atoms in total. The molecule has 1 aromatic carbocycles. The Kier molecular flexibility index (Phi) is 5.03. The van der Waals surface area contributed by atoms with E-state index in [1.54, 1.807) is 12.4 Å². The summed E-state index contributed by atoms with van der Waals surface area (Å²) in [5.41, 5.74) is 4.50. The number of hydrogen-bond donors (Lipinski definition) is 2. The molecule has 1 aliphatic heterocycles. The van der Waals surface area contributed by atoms with Gasteiger partial charge < -0.3 is 15.2 Å². The predicted molar refractivity (Wildman–Crippen MR) is 116 cm³/mol. The third kappa shape index (κ3) is 3.71. The van der Waals surface area contributed by atoms with Crippen LogP contribution >= 0.6 is 0 Å². The second-order valence-electron chi connectivity index (χ2n) is 7.68. The number of benzene rings is 1. The van der Waals surface area contributed by atoms with Crippen molar-refractivity contribution in [3.8, 4) is 5.69 Å². The Morgan fingerprint density at radius 1 is 1.17 bits per heavy atom. The summed E-state index contributed by atoms with van der Waals surface area (Å²) in [6.45, 7) is 2.51. The lowest BCUT2D eigenvalue weighted by molar-refractivity contribution is 0.0932. The van der Waals surface area contributed by atoms with E-state index in [2.05, 4.69) is 49.5 Å². The van der Waals surface area contributed by atoms with E-state index in [4.69, 9.17) is 0 Å². The van der Waals surface area contributed by atoms with Crippen molar-refractivity contribution in [2.45, 2.75) is 25.4 Å². The zero-order valence-electron chi connectivity index (χ0n) is 16.7. The van der Waals surface area contributed by atoms with Gasteiger partial charge in [-0.3, -0.25) is 9.78 Å². The number of pyridine rings is 1. The number of amides is 1. The molecule has 3 aromatic heterocycles. The molecule has 0 radical (unpaired) electrons. The van der Waals surface area contributed by atoms with E-state index in [-0.39, 0.29) is 11.9 Å². The van der Waals surface area contributed by atoms with E-state index < -0.39 is 0 Å². The van der Waals surface area contributed by atoms with Crippen LogP contribution in [0, 0.1) is 0 Å². The summed E-state index contributed by atoms with van der Waals surface area (Å²) in [5, 5.41) is 10.8. The average molecular weight is 400 g/mol. The van der Waals surface area contributed by atoms with E-state index in [0.717, 1.165) is 48.2 Å². The number of rotatable bonds is 5. The Morgan fingerprint density at radius 3 is 2.83 bits per heavy atom. The number of nitrogens with zero attached hydrogens (tertiary/aromatic N) is 4. The van der Waals surface area contributed by atoms with Gasteiger partial charge in [-0.05, 0) is 55.3 Å². The molecule has 7 heteroatoms. The van der Waals surface area contributed by atoms with Crippen molar-refractivity contribution in [3.63, 3.8) is 0 Å². The maximum Gasteiger partial charge on any atom is 0.255 e. The van der Waals surface area contributed by atoms with Gasteiger partial charge in [0.15, 0.2) is 0 Å². The van der Waals surface area contributed by atoms with Crippen LogP contribution in [0.15, 0.2) is 67.3 Å². The zero-order chi connectivity index (χ0) is 20.3. The number of carbonyl (C=O) groups excluding carboxylic acids is 1. The number of aromatic nitrogens is 4. The third-order valence-corrected chi connectivity index (χ3v) is 5.57. The molecule has 0 spiro atoms. The molecule has 4 aromatic rings. The Hall–Kier alpha value is -3.45. The smallest absolute Gasteiger partial charge is 0.255 e. The Bertz CT molecular complexity index is 1140. The first-order valence-corrected chi connectivity index (χ1v) is 10.3. The topological polar surface area (TPSA) is 76.8 Å². The standard InChI is InChI=1S/C23H24N6O/c30-23(27-18-4-1-10-24-14-18)20-16-28(21-5-2-11-25-22(20)21)15-17-6-8-19(9-7-17)29-13-3-12-26-29/h2-3,5-9,11-13,16,18,24H,1,4,10,14-15H2,(H,27,30). The maximum absolute atomic E-state index is 13.0. The quantitative estimate of drug-likeness (QED) is 0.540. The van der Waals surface area contributed by atoms with Crippen molar-refractivity contribution < 1.29 is 4.79 Å². The zero-order valence-corrected chi connectivity index (χ0v) is 16.7. The summed E-state index contributed by atoms with van der Waals surface area (Å²) in [7, 11) is 0. The molecule has 1 atom stereocenters. The summed E-state index contributed by atoms with van der Waals surface area (Å²) in [5.74, 6) is -0.0554. The van der Waals surface area contributed by atoms with Crippen molar-refractivity contribution in [1.82, 2.24) is 30.0 Å². The van der Waals surface area contributed by atoms with Gasteiger partial charge in [-0.2, -0.15) is 5.10 Å². The highest BCUT2D eigenvalue weighted by atomic mass is 16.1. The minimum Gasteiger partial charge on any atom is -0.348 e. The molecule has 2 N–H and O–H groups in total. The number of nitrogens with one attached hydrogen (secondary N) is 2. The van der Waals surface area contributed by atoms with Crippen LogP contribution in [0.5, 0.6) is 0 Å². The number of hydrogen-bond acceptors (Lipinski definition) is 4. The van der Waals surface area contributed by atoms with Gasteiger partial charge in [-0.15, -0.1) is 0 Å². The van der Waals surface area contributed by atoms with Crippen molar-refractivity contribution in [3.05, 3.63) is 78.4 Å². The highest BCUT2D eigenvalue weighted by Gasteiger charge is 2.20. The van der Waals surface area contributed by atoms with E-state index in [0.29, 0.717) is 12.1 Å². The second kappa shape index (κ2) is 8.12. The van der Waals surface area contributed by atoms with Gasteiger partial charge in [0, 0.05) is 43.9 Å². The lowest BCUT2D eigenvalue weighted by Gasteiger charge is -2.23. The molecule has 0 bridgehead atoms. The van der Waals surface area contributed by atoms with Crippen LogP contribution in [0.3, 0.4) is 0 Å². The largest absolute Gasteiger partial charge is 0.348 e. The van der Waals surface area contributed by atoms with E-state index in [1.165, 1.54) is 0 Å². The SMILES string of the molecule is O=C(NC1CCCNC1)c1cn(Cc2ccc(-n3cccn3)cc2)c2cccnc12. The molecule has 0 aliphatic carbocycles. The second-order valence-corrected chi connectivity index (χ2v) is 7.68. The minimum absolute atomic E-state index is 0.0554. The Labute approximate surface area is 174 Å². The first-order chi connectivity index (χ1) is 14.8. The monoisotopic (exact) mass is 400 g/mol. The first kappa shape index (κ1) is 18.6. The molecule has 30 heavy (non-hydrogen) atoms. The maximum atomic E-state index is 13.0. The summed E-state index contributed by atoms with van der Waals surface area (Å²) < 4.78 is 3.93. The minimum atomic E-state index is -0.0554. The molecule has 1 saturated heterocycles. The molecule has 1 amide bonds. The van der Waals surface area contributed by atoms with Gasteiger partial charge in [0.05, 0.1) is 16.8 Å². The van der Waals surface area contributed by atoms with Gasteiger partial charge in [0.25, 0.3) is 5.91 Å². The third-order valence-electron chi connectivity index (χ3n) is 5.57. The fourth-order valence-electron chi connectivity index (χ4n) is 4.03. The summed E-state index contributed by atoms with van der Waals surface area (Å²) >= 11 is 0. The molecule has 152 valence electrons. The molecular weight excluding hydrogens is 376 g/mol. The van der Waals surface area contributed by atoms with Gasteiger partial charge in [0.2, 0.25) is 0 Å². The number of carbonyl (C=O) groups is 1. The van der Waals surface area contributed by atoms with Gasteiger partial charge in [0.1, 0.15) is 5.52 Å². The molecule has 0 saturated carbocycles. The van der Waals surface area contributed by atoms with Crippen molar-refractivity contribution in [2.24, 2.45) is 0 Å². The summed E-state index contributed by atoms with van der Waals surface area (Å²) in [4.78, 5) is 17.5. The summed E-state index contributed by atoms with van der Waals surface area (Å²) in [6.07, 6.45) is 9.44. The fourth-order valence-corrected chi connectivity index (χ4v) is 4.03. The van der Waals surface area contributed by atoms with Crippen molar-refractivity contribution in [2.75, 3.05) is 13.1 Å². The lowest BCUT2D eigenvalue weighted by Crippen LogP contribution is -2.45. The molecule has 1 fully saturated rings. The summed E-state index contributed by atoms with van der Waals surface area (Å²) in [6, 6.07) is 14.3. The number of piperidine rings is 1. The number of fused-ring (bicyclic) bond motifs is 1. The fraction of sp³-hybridized carbons (Fsp3) is 0.261. The predicted octanol–water partition coefficient (Wildman–Crippen LogP) is 2.75. The Morgan fingerprint density at radius 2 is 2.07 bits per heavy atom.